The number of fused-ring (bicyclic) bond motifs is 1. The molecule has 3 N–H and O–H groups in total. The van der Waals surface area contributed by atoms with Gasteiger partial charge in [0.1, 0.15) is 10.7 Å². The SMILES string of the molecule is Cc1ccc(NC(=O)CCc2nc3sc(C)c(C)c3c(=O)[nH]2)cc1C(=O)O. The lowest BCUT2D eigenvalue weighted by Crippen LogP contribution is -2.16. The fourth-order valence-electron chi connectivity index (χ4n) is 2.80. The molecule has 1 amide bonds. The Morgan fingerprint density at radius 1 is 1.26 bits per heavy atom. The molecule has 3 aromatic rings. The Balaban J connectivity index is 1.71. The molecule has 0 aliphatic heterocycles. The Labute approximate surface area is 159 Å². The first kappa shape index (κ1) is 18.8. The molecule has 0 saturated heterocycles. The number of benzene rings is 1. The number of nitrogens with zero attached hydrogens (tertiary/aromatic N) is 1. The number of aromatic nitrogens is 2. The van der Waals surface area contributed by atoms with Crippen molar-refractivity contribution in [3.63, 3.8) is 0 Å². The molecule has 0 saturated carbocycles. The second-order valence-corrected chi connectivity index (χ2v) is 7.56. The lowest BCUT2D eigenvalue weighted by atomic mass is 10.1. The molecule has 1 aromatic carbocycles. The third-order valence-electron chi connectivity index (χ3n) is 4.43. The summed E-state index contributed by atoms with van der Waals surface area (Å²) in [5.41, 5.74) is 1.93. The maximum atomic E-state index is 12.3. The molecule has 0 radical (unpaired) electrons. The number of H-pyrrole nitrogens is 1. The van der Waals surface area contributed by atoms with Crippen LogP contribution in [0.2, 0.25) is 0 Å². The van der Waals surface area contributed by atoms with Crippen LogP contribution in [-0.2, 0) is 11.2 Å². The van der Waals surface area contributed by atoms with Crippen LogP contribution in [0.4, 0.5) is 5.69 Å². The van der Waals surface area contributed by atoms with Gasteiger partial charge in [0.15, 0.2) is 0 Å². The van der Waals surface area contributed by atoms with Gasteiger partial charge in [0.05, 0.1) is 10.9 Å². The summed E-state index contributed by atoms with van der Waals surface area (Å²) in [5, 5.41) is 12.4. The minimum atomic E-state index is -1.04. The van der Waals surface area contributed by atoms with Gasteiger partial charge in [0.25, 0.3) is 5.56 Å². The number of aromatic amines is 1. The van der Waals surface area contributed by atoms with Gasteiger partial charge in [-0.15, -0.1) is 11.3 Å². The third-order valence-corrected chi connectivity index (χ3v) is 5.53. The number of carbonyl (C=O) groups is 2. The van der Waals surface area contributed by atoms with Gasteiger partial charge < -0.3 is 15.4 Å². The highest BCUT2D eigenvalue weighted by atomic mass is 32.1. The second kappa shape index (κ2) is 7.32. The van der Waals surface area contributed by atoms with Gasteiger partial charge in [-0.3, -0.25) is 9.59 Å². The molecule has 0 spiro atoms. The second-order valence-electron chi connectivity index (χ2n) is 6.36. The van der Waals surface area contributed by atoms with E-state index in [0.29, 0.717) is 27.3 Å². The zero-order valence-electron chi connectivity index (χ0n) is 15.2. The molecule has 0 aliphatic rings. The summed E-state index contributed by atoms with van der Waals surface area (Å²) < 4.78 is 0. The summed E-state index contributed by atoms with van der Waals surface area (Å²) in [6.07, 6.45) is 0.402. The number of nitrogens with one attached hydrogen (secondary N) is 2. The number of aromatic carboxylic acids is 1. The van der Waals surface area contributed by atoms with Crippen molar-refractivity contribution in [3.8, 4) is 0 Å². The summed E-state index contributed by atoms with van der Waals surface area (Å²) in [5.74, 6) is -0.865. The molecule has 2 heterocycles. The Kier molecular flexibility index (Phi) is 5.09. The fraction of sp³-hybridized carbons (Fsp3) is 0.263. The van der Waals surface area contributed by atoms with E-state index in [0.717, 1.165) is 10.4 Å². The summed E-state index contributed by atoms with van der Waals surface area (Å²) >= 11 is 1.46. The van der Waals surface area contributed by atoms with Crippen molar-refractivity contribution in [2.75, 3.05) is 5.32 Å². The molecule has 2 aromatic heterocycles. The van der Waals surface area contributed by atoms with Crippen molar-refractivity contribution in [3.05, 3.63) is 55.9 Å². The van der Waals surface area contributed by atoms with E-state index in [1.807, 2.05) is 13.8 Å². The first-order valence-corrected chi connectivity index (χ1v) is 9.20. The number of carboxylic acid groups (broad SMARTS) is 1. The first-order valence-electron chi connectivity index (χ1n) is 8.39. The van der Waals surface area contributed by atoms with E-state index in [-0.39, 0.29) is 29.9 Å². The molecule has 3 rings (SSSR count). The van der Waals surface area contributed by atoms with Crippen molar-refractivity contribution in [1.82, 2.24) is 9.97 Å². The Hall–Kier alpha value is -3.00. The Morgan fingerprint density at radius 3 is 2.70 bits per heavy atom. The first-order chi connectivity index (χ1) is 12.8. The number of rotatable bonds is 5. The van der Waals surface area contributed by atoms with Crippen LogP contribution in [0.5, 0.6) is 0 Å². The van der Waals surface area contributed by atoms with Crippen LogP contribution in [0.3, 0.4) is 0 Å². The van der Waals surface area contributed by atoms with Gasteiger partial charge in [-0.1, -0.05) is 6.07 Å². The fourth-order valence-corrected chi connectivity index (χ4v) is 3.85. The van der Waals surface area contributed by atoms with E-state index in [1.54, 1.807) is 19.1 Å². The van der Waals surface area contributed by atoms with E-state index in [9.17, 15) is 14.4 Å². The highest BCUT2D eigenvalue weighted by Gasteiger charge is 2.13. The largest absolute Gasteiger partial charge is 0.478 e. The monoisotopic (exact) mass is 385 g/mol. The number of carbonyl (C=O) groups excluding carboxylic acids is 1. The number of thiophene rings is 1. The molecule has 0 aliphatic carbocycles. The van der Waals surface area contributed by atoms with Crippen molar-refractivity contribution in [2.24, 2.45) is 0 Å². The van der Waals surface area contributed by atoms with Gasteiger partial charge in [-0.05, 0) is 44.0 Å². The molecule has 0 atom stereocenters. The molecule has 7 nitrogen and oxygen atoms in total. The summed E-state index contributed by atoms with van der Waals surface area (Å²) in [6, 6.07) is 4.73. The Bertz CT molecular complexity index is 1110. The van der Waals surface area contributed by atoms with Crippen LogP contribution in [0.25, 0.3) is 10.2 Å². The lowest BCUT2D eigenvalue weighted by Gasteiger charge is -2.08. The van der Waals surface area contributed by atoms with E-state index in [4.69, 9.17) is 5.11 Å². The number of amides is 1. The predicted octanol–water partition coefficient (Wildman–Crippen LogP) is 3.18. The number of hydrogen-bond acceptors (Lipinski definition) is 5. The maximum absolute atomic E-state index is 12.3. The van der Waals surface area contributed by atoms with Crippen LogP contribution in [0, 0.1) is 20.8 Å². The average Bonchev–Trinajstić information content (AvgIpc) is 2.89. The number of carboxylic acids is 1. The van der Waals surface area contributed by atoms with Crippen LogP contribution >= 0.6 is 11.3 Å². The third kappa shape index (κ3) is 3.90. The van der Waals surface area contributed by atoms with E-state index < -0.39 is 5.97 Å². The average molecular weight is 385 g/mol. The van der Waals surface area contributed by atoms with Crippen LogP contribution < -0.4 is 10.9 Å². The molecular formula is C19H19N3O4S. The summed E-state index contributed by atoms with van der Waals surface area (Å²) in [7, 11) is 0. The van der Waals surface area contributed by atoms with Crippen LogP contribution in [0.15, 0.2) is 23.0 Å². The highest BCUT2D eigenvalue weighted by molar-refractivity contribution is 7.18. The Morgan fingerprint density at radius 2 is 2.00 bits per heavy atom. The number of anilines is 1. The molecule has 0 fully saturated rings. The van der Waals surface area contributed by atoms with Crippen molar-refractivity contribution in [2.45, 2.75) is 33.6 Å². The van der Waals surface area contributed by atoms with E-state index in [1.165, 1.54) is 17.4 Å². The minimum absolute atomic E-state index is 0.119. The summed E-state index contributed by atoms with van der Waals surface area (Å²) in [6.45, 7) is 5.54. The van der Waals surface area contributed by atoms with E-state index in [2.05, 4.69) is 15.3 Å². The van der Waals surface area contributed by atoms with Gasteiger partial charge in [0, 0.05) is 23.4 Å². The molecule has 27 heavy (non-hydrogen) atoms. The topological polar surface area (TPSA) is 112 Å². The predicted molar refractivity (Wildman–Crippen MR) is 105 cm³/mol. The van der Waals surface area contributed by atoms with Crippen LogP contribution in [-0.4, -0.2) is 27.0 Å². The van der Waals surface area contributed by atoms with Gasteiger partial charge in [-0.2, -0.15) is 0 Å². The maximum Gasteiger partial charge on any atom is 0.336 e. The number of hydrogen-bond donors (Lipinski definition) is 3. The number of aryl methyl sites for hydroxylation is 4. The molecule has 140 valence electrons. The quantitative estimate of drug-likeness (QED) is 0.624. The van der Waals surface area contributed by atoms with Gasteiger partial charge in [0.2, 0.25) is 5.91 Å². The minimum Gasteiger partial charge on any atom is -0.478 e. The van der Waals surface area contributed by atoms with Crippen molar-refractivity contribution < 1.29 is 14.7 Å². The van der Waals surface area contributed by atoms with E-state index >= 15 is 0 Å². The van der Waals surface area contributed by atoms with Crippen molar-refractivity contribution in [1.29, 1.82) is 0 Å². The molecular weight excluding hydrogens is 366 g/mol. The lowest BCUT2D eigenvalue weighted by molar-refractivity contribution is -0.116. The van der Waals surface area contributed by atoms with Gasteiger partial charge in [-0.25, -0.2) is 9.78 Å². The molecule has 0 bridgehead atoms. The van der Waals surface area contributed by atoms with Crippen LogP contribution in [0.1, 0.15) is 38.6 Å². The van der Waals surface area contributed by atoms with Gasteiger partial charge >= 0.3 is 5.97 Å². The normalized spacial score (nSPS) is 10.9. The standard InChI is InChI=1S/C19H19N3O4S/c1-9-4-5-12(8-13(9)19(25)26)20-15(23)7-6-14-21-17(24)16-10(2)11(3)27-18(16)22-14/h4-5,8H,6-7H2,1-3H3,(H,20,23)(H,25,26)(H,21,22,24). The van der Waals surface area contributed by atoms with Crippen molar-refractivity contribution >= 4 is 39.1 Å². The summed E-state index contributed by atoms with van der Waals surface area (Å²) in [4.78, 5) is 44.5. The molecule has 0 unspecified atom stereocenters. The molecule has 8 heteroatoms. The smallest absolute Gasteiger partial charge is 0.336 e. The zero-order chi connectivity index (χ0) is 19.7. The highest BCUT2D eigenvalue weighted by Crippen LogP contribution is 2.25. The zero-order valence-corrected chi connectivity index (χ0v) is 16.0.